The maximum atomic E-state index is 13.3. The van der Waals surface area contributed by atoms with Crippen molar-refractivity contribution in [3.8, 4) is 11.8 Å². The first-order valence-electron chi connectivity index (χ1n) is 7.33. The molecule has 0 fully saturated rings. The van der Waals surface area contributed by atoms with E-state index in [1.165, 1.54) is 18.2 Å². The molecule has 2 aromatic carbocycles. The molecular formula is C19H16FNO3. The normalized spacial score (nSPS) is 10.8. The Morgan fingerprint density at radius 2 is 1.88 bits per heavy atom. The summed E-state index contributed by atoms with van der Waals surface area (Å²) in [7, 11) is 0. The van der Waals surface area contributed by atoms with Crippen molar-refractivity contribution in [3.63, 3.8) is 0 Å². The Balaban J connectivity index is 1.87. The Labute approximate surface area is 139 Å². The van der Waals surface area contributed by atoms with Crippen LogP contribution in [0.1, 0.15) is 11.1 Å². The second-order valence-electron chi connectivity index (χ2n) is 5.00. The van der Waals surface area contributed by atoms with E-state index < -0.39 is 11.8 Å². The molecule has 0 amide bonds. The van der Waals surface area contributed by atoms with Crippen LogP contribution in [0.25, 0.3) is 6.08 Å². The van der Waals surface area contributed by atoms with Crippen molar-refractivity contribution < 1.29 is 18.7 Å². The van der Waals surface area contributed by atoms with Crippen LogP contribution >= 0.6 is 0 Å². The van der Waals surface area contributed by atoms with Gasteiger partial charge in [0.15, 0.2) is 11.6 Å². The lowest BCUT2D eigenvalue weighted by Gasteiger charge is -2.07. The third kappa shape index (κ3) is 4.96. The van der Waals surface area contributed by atoms with Gasteiger partial charge in [-0.1, -0.05) is 42.0 Å². The molecule has 5 heteroatoms. The minimum absolute atomic E-state index is 0.00405. The first-order valence-corrected chi connectivity index (χ1v) is 7.33. The van der Waals surface area contributed by atoms with Crippen LogP contribution < -0.4 is 4.74 Å². The number of hydrogen-bond donors (Lipinski definition) is 0. The molecular weight excluding hydrogens is 309 g/mol. The van der Waals surface area contributed by atoms with Crippen molar-refractivity contribution in [1.82, 2.24) is 0 Å². The van der Waals surface area contributed by atoms with Crippen molar-refractivity contribution >= 4 is 12.0 Å². The summed E-state index contributed by atoms with van der Waals surface area (Å²) in [6.45, 7) is 1.86. The van der Waals surface area contributed by atoms with E-state index in [4.69, 9.17) is 14.7 Å². The number of nitriles is 1. The summed E-state index contributed by atoms with van der Waals surface area (Å²) < 4.78 is 23.5. The maximum Gasteiger partial charge on any atom is 0.349 e. The van der Waals surface area contributed by atoms with Gasteiger partial charge in [0.25, 0.3) is 0 Å². The number of para-hydroxylation sites is 1. The number of nitrogens with zero attached hydrogens (tertiary/aromatic N) is 1. The number of aryl methyl sites for hydroxylation is 1. The summed E-state index contributed by atoms with van der Waals surface area (Å²) in [5.41, 5.74) is 1.71. The minimum Gasteiger partial charge on any atom is -0.487 e. The zero-order valence-corrected chi connectivity index (χ0v) is 13.2. The highest BCUT2D eigenvalue weighted by Gasteiger charge is 2.11. The van der Waals surface area contributed by atoms with Gasteiger partial charge in [-0.15, -0.1) is 0 Å². The highest BCUT2D eigenvalue weighted by atomic mass is 19.1. The number of benzene rings is 2. The third-order valence-electron chi connectivity index (χ3n) is 3.14. The largest absolute Gasteiger partial charge is 0.487 e. The molecule has 0 radical (unpaired) electrons. The van der Waals surface area contributed by atoms with Gasteiger partial charge >= 0.3 is 5.97 Å². The monoisotopic (exact) mass is 325 g/mol. The van der Waals surface area contributed by atoms with Crippen LogP contribution in [0.4, 0.5) is 4.39 Å². The van der Waals surface area contributed by atoms with Crippen LogP contribution in [-0.2, 0) is 9.53 Å². The fraction of sp³-hybridized carbons (Fsp3) is 0.158. The predicted molar refractivity (Wildman–Crippen MR) is 87.6 cm³/mol. The van der Waals surface area contributed by atoms with Gasteiger partial charge in [0.1, 0.15) is 24.9 Å². The number of halogens is 1. The topological polar surface area (TPSA) is 59.3 Å². The molecule has 0 aromatic heterocycles. The molecule has 0 bridgehead atoms. The number of rotatable bonds is 6. The standard InChI is InChI=1S/C19H16FNO3/c1-14-6-8-15(9-7-14)12-16(13-21)19(22)24-11-10-23-18-5-3-2-4-17(18)20/h2-9,12H,10-11H2,1H3/b16-12+. The Morgan fingerprint density at radius 3 is 2.54 bits per heavy atom. The Kier molecular flexibility index (Phi) is 6.09. The molecule has 122 valence electrons. The minimum atomic E-state index is -0.741. The van der Waals surface area contributed by atoms with E-state index in [2.05, 4.69) is 0 Å². The zero-order valence-electron chi connectivity index (χ0n) is 13.2. The van der Waals surface area contributed by atoms with Crippen molar-refractivity contribution in [2.24, 2.45) is 0 Å². The molecule has 4 nitrogen and oxygen atoms in total. The van der Waals surface area contributed by atoms with Crippen molar-refractivity contribution in [3.05, 3.63) is 71.0 Å². The molecule has 2 rings (SSSR count). The van der Waals surface area contributed by atoms with E-state index in [1.807, 2.05) is 25.1 Å². The van der Waals surface area contributed by atoms with Crippen LogP contribution in [0, 0.1) is 24.1 Å². The first kappa shape index (κ1) is 17.2. The Morgan fingerprint density at radius 1 is 1.17 bits per heavy atom. The quantitative estimate of drug-likeness (QED) is 0.352. The molecule has 0 atom stereocenters. The molecule has 0 heterocycles. The SMILES string of the molecule is Cc1ccc(/C=C(\C#N)C(=O)OCCOc2ccccc2F)cc1. The maximum absolute atomic E-state index is 13.3. The molecule has 0 spiro atoms. The van der Waals surface area contributed by atoms with Crippen LogP contribution in [0.3, 0.4) is 0 Å². The van der Waals surface area contributed by atoms with Crippen molar-refractivity contribution in [1.29, 1.82) is 5.26 Å². The average molecular weight is 325 g/mol. The molecule has 0 saturated carbocycles. The number of esters is 1. The second kappa shape index (κ2) is 8.49. The first-order chi connectivity index (χ1) is 11.6. The van der Waals surface area contributed by atoms with Gasteiger partial charge in [-0.25, -0.2) is 9.18 Å². The fourth-order valence-corrected chi connectivity index (χ4v) is 1.89. The molecule has 0 aliphatic heterocycles. The summed E-state index contributed by atoms with van der Waals surface area (Å²) in [5.74, 6) is -1.14. The van der Waals surface area contributed by atoms with Gasteiger partial charge in [-0.3, -0.25) is 0 Å². The van der Waals surface area contributed by atoms with Crippen molar-refractivity contribution in [2.45, 2.75) is 6.92 Å². The van der Waals surface area contributed by atoms with Crippen LogP contribution in [0.2, 0.25) is 0 Å². The Hall–Kier alpha value is -3.13. The number of hydrogen-bond acceptors (Lipinski definition) is 4. The smallest absolute Gasteiger partial charge is 0.349 e. The lowest BCUT2D eigenvalue weighted by molar-refractivity contribution is -0.139. The van der Waals surface area contributed by atoms with Crippen LogP contribution in [0.15, 0.2) is 54.1 Å². The average Bonchev–Trinajstić information content (AvgIpc) is 2.59. The second-order valence-corrected chi connectivity index (χ2v) is 5.00. The van der Waals surface area contributed by atoms with Gasteiger partial charge in [-0.2, -0.15) is 5.26 Å². The molecule has 2 aromatic rings. The van der Waals surface area contributed by atoms with Gasteiger partial charge < -0.3 is 9.47 Å². The zero-order chi connectivity index (χ0) is 17.4. The molecule has 0 unspecified atom stereocenters. The van der Waals surface area contributed by atoms with Gasteiger partial charge in [0, 0.05) is 0 Å². The van der Waals surface area contributed by atoms with E-state index in [-0.39, 0.29) is 24.5 Å². The molecule has 0 N–H and O–H groups in total. The number of carbonyl (C=O) groups is 1. The highest BCUT2D eigenvalue weighted by Crippen LogP contribution is 2.15. The van der Waals surface area contributed by atoms with E-state index in [0.29, 0.717) is 0 Å². The molecule has 24 heavy (non-hydrogen) atoms. The van der Waals surface area contributed by atoms with Gasteiger partial charge in [-0.05, 0) is 30.7 Å². The van der Waals surface area contributed by atoms with E-state index in [0.717, 1.165) is 11.1 Å². The summed E-state index contributed by atoms with van der Waals surface area (Å²) in [5, 5.41) is 9.08. The lowest BCUT2D eigenvalue weighted by atomic mass is 10.1. The van der Waals surface area contributed by atoms with Gasteiger partial charge in [0.2, 0.25) is 0 Å². The van der Waals surface area contributed by atoms with Gasteiger partial charge in [0.05, 0.1) is 0 Å². The van der Waals surface area contributed by atoms with Crippen LogP contribution in [-0.4, -0.2) is 19.2 Å². The van der Waals surface area contributed by atoms with Crippen LogP contribution in [0.5, 0.6) is 5.75 Å². The number of carbonyl (C=O) groups excluding carboxylic acids is 1. The fourth-order valence-electron chi connectivity index (χ4n) is 1.89. The lowest BCUT2D eigenvalue weighted by Crippen LogP contribution is -2.13. The Bertz CT molecular complexity index is 776. The van der Waals surface area contributed by atoms with E-state index >= 15 is 0 Å². The summed E-state index contributed by atoms with van der Waals surface area (Å²) in [4.78, 5) is 11.9. The summed E-state index contributed by atoms with van der Waals surface area (Å²) >= 11 is 0. The van der Waals surface area contributed by atoms with E-state index in [1.54, 1.807) is 24.3 Å². The molecule has 0 saturated heterocycles. The van der Waals surface area contributed by atoms with E-state index in [9.17, 15) is 9.18 Å². The summed E-state index contributed by atoms with van der Waals surface area (Å²) in [6, 6.07) is 15.2. The third-order valence-corrected chi connectivity index (χ3v) is 3.14. The highest BCUT2D eigenvalue weighted by molar-refractivity contribution is 5.97. The predicted octanol–water partition coefficient (Wildman–Crippen LogP) is 3.66. The molecule has 0 aliphatic carbocycles. The summed E-state index contributed by atoms with van der Waals surface area (Å²) in [6.07, 6.45) is 1.46. The number of ether oxygens (including phenoxy) is 2. The molecule has 0 aliphatic rings. The van der Waals surface area contributed by atoms with Crippen molar-refractivity contribution in [2.75, 3.05) is 13.2 Å².